The number of anilines is 1. The number of nitrogens with zero attached hydrogens (tertiary/aromatic N) is 3. The highest BCUT2D eigenvalue weighted by molar-refractivity contribution is 6.29. The monoisotopic (exact) mass is 227 g/mol. The molecule has 0 N–H and O–H groups in total. The highest BCUT2D eigenvalue weighted by Gasteiger charge is 2.45. The van der Waals surface area contributed by atoms with Gasteiger partial charge in [-0.3, -0.25) is 4.57 Å². The second-order valence-electron chi connectivity index (χ2n) is 4.21. The number of aromatic nitrogens is 2. The zero-order valence-electron chi connectivity index (χ0n) is 8.23. The number of ether oxygens (including phenoxy) is 1. The van der Waals surface area contributed by atoms with E-state index in [1.807, 2.05) is 0 Å². The molecule has 0 bridgehead atoms. The SMILES string of the molecule is C[C@]12COCN1c1cc(Cl)nc(=O)n1C2. The fourth-order valence-corrected chi connectivity index (χ4v) is 2.41. The fourth-order valence-electron chi connectivity index (χ4n) is 2.24. The van der Waals surface area contributed by atoms with Crippen molar-refractivity contribution in [3.05, 3.63) is 21.7 Å². The minimum atomic E-state index is -0.284. The van der Waals surface area contributed by atoms with Gasteiger partial charge in [0.2, 0.25) is 0 Å². The van der Waals surface area contributed by atoms with Crippen molar-refractivity contribution in [2.24, 2.45) is 0 Å². The van der Waals surface area contributed by atoms with Gasteiger partial charge in [-0.2, -0.15) is 4.98 Å². The predicted molar refractivity (Wildman–Crippen MR) is 55.2 cm³/mol. The second kappa shape index (κ2) is 2.74. The van der Waals surface area contributed by atoms with E-state index in [0.29, 0.717) is 19.9 Å². The van der Waals surface area contributed by atoms with Crippen LogP contribution in [0.1, 0.15) is 6.92 Å². The zero-order valence-corrected chi connectivity index (χ0v) is 8.99. The van der Waals surface area contributed by atoms with E-state index in [1.54, 1.807) is 10.6 Å². The third-order valence-electron chi connectivity index (χ3n) is 3.02. The van der Waals surface area contributed by atoms with E-state index < -0.39 is 0 Å². The minimum Gasteiger partial charge on any atom is -0.359 e. The van der Waals surface area contributed by atoms with Crippen molar-refractivity contribution in [3.63, 3.8) is 0 Å². The van der Waals surface area contributed by atoms with Gasteiger partial charge in [0.15, 0.2) is 0 Å². The smallest absolute Gasteiger partial charge is 0.350 e. The Morgan fingerprint density at radius 3 is 3.27 bits per heavy atom. The fraction of sp³-hybridized carbons (Fsp3) is 0.556. The number of fused-ring (bicyclic) bond motifs is 3. The largest absolute Gasteiger partial charge is 0.359 e. The molecule has 0 aliphatic carbocycles. The van der Waals surface area contributed by atoms with Crippen molar-refractivity contribution in [2.45, 2.75) is 19.0 Å². The summed E-state index contributed by atoms with van der Waals surface area (Å²) >= 11 is 5.77. The molecule has 0 unspecified atom stereocenters. The molecule has 2 aliphatic heterocycles. The Bertz CT molecular complexity index is 487. The molecular weight excluding hydrogens is 218 g/mol. The number of halogens is 1. The second-order valence-corrected chi connectivity index (χ2v) is 4.60. The molecule has 2 aliphatic rings. The van der Waals surface area contributed by atoms with Gasteiger partial charge in [0.25, 0.3) is 0 Å². The van der Waals surface area contributed by atoms with Crippen LogP contribution in [0, 0.1) is 0 Å². The average Bonchev–Trinajstić information content (AvgIpc) is 2.62. The number of hydrogen-bond acceptors (Lipinski definition) is 4. The number of rotatable bonds is 0. The standard InChI is InChI=1S/C9H10ClN3O2/c1-9-3-12-7(13(9)5-15-4-9)2-6(10)11-8(12)14/h2H,3-5H2,1H3/t9-/m0/s1. The van der Waals surface area contributed by atoms with Gasteiger partial charge >= 0.3 is 5.69 Å². The van der Waals surface area contributed by atoms with E-state index >= 15 is 0 Å². The Kier molecular flexibility index (Phi) is 1.67. The molecule has 1 aromatic heterocycles. The predicted octanol–water partition coefficient (Wildman–Crippen LogP) is 0.463. The molecule has 3 rings (SSSR count). The maximum Gasteiger partial charge on any atom is 0.350 e. The van der Waals surface area contributed by atoms with Crippen LogP contribution in [0.5, 0.6) is 0 Å². The average molecular weight is 228 g/mol. The Morgan fingerprint density at radius 1 is 1.67 bits per heavy atom. The summed E-state index contributed by atoms with van der Waals surface area (Å²) < 4.78 is 7.05. The first-order valence-electron chi connectivity index (χ1n) is 4.73. The Hall–Kier alpha value is -1.07. The van der Waals surface area contributed by atoms with Gasteiger partial charge in [0, 0.05) is 6.07 Å². The maximum atomic E-state index is 11.6. The summed E-state index contributed by atoms with van der Waals surface area (Å²) in [5.74, 6) is 0.806. The summed E-state index contributed by atoms with van der Waals surface area (Å²) in [5.41, 5.74) is -0.411. The Morgan fingerprint density at radius 2 is 2.47 bits per heavy atom. The van der Waals surface area contributed by atoms with E-state index in [9.17, 15) is 4.79 Å². The van der Waals surface area contributed by atoms with Crippen molar-refractivity contribution in [1.29, 1.82) is 0 Å². The molecular formula is C9H10ClN3O2. The van der Waals surface area contributed by atoms with Crippen molar-refractivity contribution < 1.29 is 4.74 Å². The molecule has 6 heteroatoms. The van der Waals surface area contributed by atoms with Crippen LogP contribution in [0.25, 0.3) is 0 Å². The van der Waals surface area contributed by atoms with Gasteiger partial charge < -0.3 is 9.64 Å². The quantitative estimate of drug-likeness (QED) is 0.605. The lowest BCUT2D eigenvalue weighted by Crippen LogP contribution is -2.40. The minimum absolute atomic E-state index is 0.126. The molecule has 15 heavy (non-hydrogen) atoms. The van der Waals surface area contributed by atoms with Gasteiger partial charge in [0.1, 0.15) is 17.7 Å². The van der Waals surface area contributed by atoms with Crippen LogP contribution in [0.15, 0.2) is 10.9 Å². The topological polar surface area (TPSA) is 47.4 Å². The number of hydrogen-bond donors (Lipinski definition) is 0. The zero-order chi connectivity index (χ0) is 10.6. The molecule has 0 spiro atoms. The highest BCUT2D eigenvalue weighted by Crippen LogP contribution is 2.36. The third-order valence-corrected chi connectivity index (χ3v) is 3.21. The molecule has 0 radical (unpaired) electrons. The summed E-state index contributed by atoms with van der Waals surface area (Å²) in [4.78, 5) is 17.4. The van der Waals surface area contributed by atoms with E-state index in [0.717, 1.165) is 5.82 Å². The van der Waals surface area contributed by atoms with Crippen LogP contribution in [0.2, 0.25) is 5.15 Å². The van der Waals surface area contributed by atoms with E-state index in [1.165, 1.54) is 0 Å². The summed E-state index contributed by atoms with van der Waals surface area (Å²) in [5, 5.41) is 0.238. The molecule has 1 atom stereocenters. The van der Waals surface area contributed by atoms with Crippen LogP contribution in [0.4, 0.5) is 5.82 Å². The molecule has 0 aromatic carbocycles. The van der Waals surface area contributed by atoms with Crippen molar-refractivity contribution in [1.82, 2.24) is 9.55 Å². The molecule has 3 heterocycles. The summed E-state index contributed by atoms with van der Waals surface area (Å²) in [7, 11) is 0. The van der Waals surface area contributed by atoms with Gasteiger partial charge in [0.05, 0.1) is 18.7 Å². The summed E-state index contributed by atoms with van der Waals surface area (Å²) in [6, 6.07) is 1.71. The van der Waals surface area contributed by atoms with Crippen LogP contribution >= 0.6 is 11.6 Å². The highest BCUT2D eigenvalue weighted by atomic mass is 35.5. The lowest BCUT2D eigenvalue weighted by Gasteiger charge is -2.24. The molecule has 5 nitrogen and oxygen atoms in total. The van der Waals surface area contributed by atoms with E-state index in [2.05, 4.69) is 16.8 Å². The first-order chi connectivity index (χ1) is 7.10. The maximum absolute atomic E-state index is 11.6. The molecule has 0 amide bonds. The van der Waals surface area contributed by atoms with Gasteiger partial charge in [-0.15, -0.1) is 0 Å². The van der Waals surface area contributed by atoms with Crippen LogP contribution in [-0.2, 0) is 11.3 Å². The van der Waals surface area contributed by atoms with Crippen molar-refractivity contribution in [2.75, 3.05) is 18.2 Å². The normalized spacial score (nSPS) is 28.0. The van der Waals surface area contributed by atoms with Crippen LogP contribution in [-0.4, -0.2) is 28.4 Å². The third kappa shape index (κ3) is 1.13. The van der Waals surface area contributed by atoms with Gasteiger partial charge in [-0.05, 0) is 6.92 Å². The van der Waals surface area contributed by atoms with Crippen LogP contribution < -0.4 is 10.6 Å². The first kappa shape index (κ1) is 9.18. The molecule has 1 fully saturated rings. The Balaban J connectivity index is 2.22. The van der Waals surface area contributed by atoms with Gasteiger partial charge in [-0.1, -0.05) is 11.6 Å². The lowest BCUT2D eigenvalue weighted by molar-refractivity contribution is 0.174. The molecule has 0 saturated carbocycles. The van der Waals surface area contributed by atoms with Gasteiger partial charge in [-0.25, -0.2) is 4.79 Å². The Labute approximate surface area is 91.2 Å². The van der Waals surface area contributed by atoms with Crippen LogP contribution in [0.3, 0.4) is 0 Å². The van der Waals surface area contributed by atoms with E-state index in [4.69, 9.17) is 16.3 Å². The molecule has 1 aromatic rings. The summed E-state index contributed by atoms with van der Waals surface area (Å²) in [6.07, 6.45) is 0. The first-order valence-corrected chi connectivity index (χ1v) is 5.11. The molecule has 80 valence electrons. The molecule has 1 saturated heterocycles. The lowest BCUT2D eigenvalue weighted by atomic mass is 10.1. The summed E-state index contributed by atoms with van der Waals surface area (Å²) in [6.45, 7) is 3.83. The van der Waals surface area contributed by atoms with E-state index in [-0.39, 0.29) is 16.4 Å². The van der Waals surface area contributed by atoms with Crippen molar-refractivity contribution in [3.8, 4) is 0 Å². The van der Waals surface area contributed by atoms with Crippen molar-refractivity contribution >= 4 is 17.4 Å².